The van der Waals surface area contributed by atoms with Crippen LogP contribution in [0.1, 0.15) is 21.6 Å². The molecule has 0 atom stereocenters. The normalized spacial score (nSPS) is 13.3. The van der Waals surface area contributed by atoms with Crippen molar-refractivity contribution in [3.63, 3.8) is 0 Å². The zero-order valence-corrected chi connectivity index (χ0v) is 19.6. The van der Waals surface area contributed by atoms with Gasteiger partial charge in [0, 0.05) is 56.7 Å². The molecule has 3 N–H and O–H groups in total. The molecule has 1 amide bonds. The summed E-state index contributed by atoms with van der Waals surface area (Å²) in [6.45, 7) is 2.23. The Hall–Kier alpha value is -4.05. The highest BCUT2D eigenvalue weighted by molar-refractivity contribution is 6.06. The highest BCUT2D eigenvalue weighted by atomic mass is 19.1. The van der Waals surface area contributed by atoms with Crippen LogP contribution in [0.25, 0.3) is 11.3 Å². The molecule has 1 aromatic carbocycles. The van der Waals surface area contributed by atoms with Gasteiger partial charge in [-0.05, 0) is 29.8 Å². The smallest absolute Gasteiger partial charge is 0.283 e. The first-order valence-electron chi connectivity index (χ1n) is 11.1. The van der Waals surface area contributed by atoms with E-state index in [1.165, 1.54) is 7.11 Å². The molecule has 3 heterocycles. The van der Waals surface area contributed by atoms with Crippen LogP contribution in [0.15, 0.2) is 53.7 Å². The van der Waals surface area contributed by atoms with Crippen LogP contribution in [0, 0.1) is 5.82 Å². The second kappa shape index (κ2) is 10.9. The predicted molar refractivity (Wildman–Crippen MR) is 131 cm³/mol. The van der Waals surface area contributed by atoms with Crippen molar-refractivity contribution in [3.05, 3.63) is 71.3 Å². The number of fused-ring (bicyclic) bond motifs is 1. The molecule has 0 fully saturated rings. The summed E-state index contributed by atoms with van der Waals surface area (Å²) >= 11 is 0. The van der Waals surface area contributed by atoms with E-state index in [-0.39, 0.29) is 22.8 Å². The second-order valence-electron chi connectivity index (χ2n) is 7.92. The number of amides is 1. The zero-order valence-electron chi connectivity index (χ0n) is 19.6. The third-order valence-corrected chi connectivity index (χ3v) is 5.65. The van der Waals surface area contributed by atoms with Gasteiger partial charge in [0.1, 0.15) is 17.4 Å². The fourth-order valence-corrected chi connectivity index (χ4v) is 3.86. The summed E-state index contributed by atoms with van der Waals surface area (Å²) in [4.78, 5) is 27.8. The van der Waals surface area contributed by atoms with Gasteiger partial charge in [-0.15, -0.1) is 0 Å². The first kappa shape index (κ1) is 24.1. The predicted octanol–water partition coefficient (Wildman–Crippen LogP) is 2.86. The van der Waals surface area contributed by atoms with Crippen LogP contribution in [0.4, 0.5) is 10.2 Å². The number of nitrogens with two attached hydrogens (primary N) is 1. The van der Waals surface area contributed by atoms with Gasteiger partial charge >= 0.3 is 0 Å². The first-order valence-corrected chi connectivity index (χ1v) is 11.1. The summed E-state index contributed by atoms with van der Waals surface area (Å²) in [5.74, 6) is -0.473. The number of hydrogen-bond acceptors (Lipinski definition) is 6. The third-order valence-electron chi connectivity index (χ3n) is 5.65. The molecule has 1 aliphatic rings. The number of carbonyl (C=O) groups is 1. The first-order chi connectivity index (χ1) is 17.0. The van der Waals surface area contributed by atoms with E-state index in [0.717, 1.165) is 23.1 Å². The van der Waals surface area contributed by atoms with Gasteiger partial charge in [-0.2, -0.15) is 4.99 Å². The summed E-state index contributed by atoms with van der Waals surface area (Å²) in [5, 5.41) is 3.21. The van der Waals surface area contributed by atoms with E-state index in [4.69, 9.17) is 15.2 Å². The molecule has 35 heavy (non-hydrogen) atoms. The van der Waals surface area contributed by atoms with Crippen molar-refractivity contribution in [2.45, 2.75) is 13.0 Å². The number of aliphatic imine (C=N–C) groups is 1. The molecule has 0 radical (unpaired) electrons. The molecule has 0 aliphatic carbocycles. The largest absolute Gasteiger partial charge is 0.497 e. The monoisotopic (exact) mass is 478 g/mol. The average molecular weight is 479 g/mol. The lowest BCUT2D eigenvalue weighted by Gasteiger charge is -2.29. The molecule has 4 rings (SSSR count). The van der Waals surface area contributed by atoms with Crippen LogP contribution in [-0.4, -0.2) is 60.7 Å². The van der Waals surface area contributed by atoms with E-state index in [2.05, 4.69) is 20.3 Å². The van der Waals surface area contributed by atoms with Crippen molar-refractivity contribution in [3.8, 4) is 17.0 Å². The van der Waals surface area contributed by atoms with E-state index < -0.39 is 11.7 Å². The topological polar surface area (TPSA) is 115 Å². The molecular formula is C25H27FN6O3. The second-order valence-corrected chi connectivity index (χ2v) is 7.92. The summed E-state index contributed by atoms with van der Waals surface area (Å²) in [6, 6.07) is 11.7. The van der Waals surface area contributed by atoms with Crippen LogP contribution in [0.5, 0.6) is 5.75 Å². The fourth-order valence-electron chi connectivity index (χ4n) is 3.86. The maximum absolute atomic E-state index is 15.0. The zero-order chi connectivity index (χ0) is 24.8. The van der Waals surface area contributed by atoms with Gasteiger partial charge in [-0.1, -0.05) is 12.1 Å². The number of aromatic nitrogens is 2. The molecule has 9 nitrogen and oxygen atoms in total. The van der Waals surface area contributed by atoms with Gasteiger partial charge in [-0.3, -0.25) is 9.78 Å². The van der Waals surface area contributed by atoms with Crippen molar-refractivity contribution in [2.24, 2.45) is 10.7 Å². The van der Waals surface area contributed by atoms with E-state index >= 15 is 0 Å². The van der Waals surface area contributed by atoms with E-state index in [1.807, 2.05) is 12.1 Å². The number of anilines is 1. The number of carbonyl (C=O) groups excluding carboxylic acids is 1. The summed E-state index contributed by atoms with van der Waals surface area (Å²) in [6.07, 6.45) is 2.20. The number of hydrogen-bond donors (Lipinski definition) is 2. The van der Waals surface area contributed by atoms with Gasteiger partial charge in [0.2, 0.25) is 0 Å². The van der Waals surface area contributed by atoms with Gasteiger partial charge in [0.15, 0.2) is 5.96 Å². The Morgan fingerprint density at radius 1 is 1.26 bits per heavy atom. The van der Waals surface area contributed by atoms with Crippen molar-refractivity contribution >= 4 is 17.7 Å². The number of rotatable bonds is 7. The van der Waals surface area contributed by atoms with Crippen molar-refractivity contribution in [1.82, 2.24) is 14.9 Å². The van der Waals surface area contributed by atoms with Gasteiger partial charge in [-0.25, -0.2) is 9.37 Å². The minimum atomic E-state index is -0.787. The minimum absolute atomic E-state index is 0.0186. The fraction of sp³-hybridized carbons (Fsp3) is 0.280. The number of nitrogens with zero attached hydrogens (tertiary/aromatic N) is 4. The van der Waals surface area contributed by atoms with Gasteiger partial charge in [0.25, 0.3) is 5.91 Å². The molecule has 0 saturated heterocycles. The summed E-state index contributed by atoms with van der Waals surface area (Å²) in [5.41, 5.74) is 8.64. The third kappa shape index (κ3) is 5.55. The molecule has 0 saturated carbocycles. The Morgan fingerprint density at radius 2 is 2.11 bits per heavy atom. The molecule has 0 bridgehead atoms. The Morgan fingerprint density at radius 3 is 2.86 bits per heavy atom. The molecule has 182 valence electrons. The highest BCUT2D eigenvalue weighted by Gasteiger charge is 2.24. The van der Waals surface area contributed by atoms with Gasteiger partial charge in [0.05, 0.1) is 25.0 Å². The molecule has 2 aromatic heterocycles. The van der Waals surface area contributed by atoms with Crippen LogP contribution in [0.3, 0.4) is 0 Å². The molecule has 1 aliphatic heterocycles. The Bertz CT molecular complexity index is 1240. The standard InChI is InChI=1S/C25H27FN6O3/c1-34-12-10-29-22-7-6-16-15-32(11-8-20(16)30-22)25(27)31-24(33)23-18(21-5-3-4-9-28-21)13-17(35-2)14-19(23)26/h3-7,9,13-14H,8,10-12,15H2,1-2H3,(H,29,30)(H2,27,31,33). The van der Waals surface area contributed by atoms with E-state index in [9.17, 15) is 9.18 Å². The van der Waals surface area contributed by atoms with E-state index in [0.29, 0.717) is 38.4 Å². The molecule has 10 heteroatoms. The van der Waals surface area contributed by atoms with E-state index in [1.54, 1.807) is 42.5 Å². The van der Waals surface area contributed by atoms with Gasteiger partial charge < -0.3 is 25.4 Å². The number of methoxy groups -OCH3 is 2. The SMILES string of the molecule is COCCNc1ccc2c(n1)CCN(C(N)=NC(=O)c1c(F)cc(OC)cc1-c1ccccn1)C2. The number of halogens is 1. The van der Waals surface area contributed by atoms with Crippen LogP contribution >= 0.6 is 0 Å². The van der Waals surface area contributed by atoms with Crippen LogP contribution in [0.2, 0.25) is 0 Å². The molecule has 0 unspecified atom stereocenters. The van der Waals surface area contributed by atoms with Crippen LogP contribution < -0.4 is 15.8 Å². The number of nitrogens with one attached hydrogen (secondary N) is 1. The maximum Gasteiger partial charge on any atom is 0.283 e. The summed E-state index contributed by atoms with van der Waals surface area (Å²) < 4.78 is 25.2. The lowest BCUT2D eigenvalue weighted by molar-refractivity contribution is 0.0997. The lowest BCUT2D eigenvalue weighted by Crippen LogP contribution is -2.41. The van der Waals surface area contributed by atoms with Crippen LogP contribution in [-0.2, 0) is 17.7 Å². The molecular weight excluding hydrogens is 451 g/mol. The minimum Gasteiger partial charge on any atom is -0.497 e. The number of ether oxygens (including phenoxy) is 2. The Labute approximate surface area is 202 Å². The highest BCUT2D eigenvalue weighted by Crippen LogP contribution is 2.30. The Kier molecular flexibility index (Phi) is 7.51. The number of pyridine rings is 2. The molecule has 0 spiro atoms. The number of guanidine groups is 1. The maximum atomic E-state index is 15.0. The number of benzene rings is 1. The summed E-state index contributed by atoms with van der Waals surface area (Å²) in [7, 11) is 3.08. The average Bonchev–Trinajstić information content (AvgIpc) is 2.88. The van der Waals surface area contributed by atoms with Crippen molar-refractivity contribution < 1.29 is 18.7 Å². The Balaban J connectivity index is 1.56. The quantitative estimate of drug-likeness (QED) is 0.303. The molecule has 3 aromatic rings. The van der Waals surface area contributed by atoms with Crippen molar-refractivity contribution in [2.75, 3.05) is 39.2 Å². The van der Waals surface area contributed by atoms with Crippen molar-refractivity contribution in [1.29, 1.82) is 0 Å². The lowest BCUT2D eigenvalue weighted by atomic mass is 10.0.